The summed E-state index contributed by atoms with van der Waals surface area (Å²) < 4.78 is 0. The summed E-state index contributed by atoms with van der Waals surface area (Å²) in [5.41, 5.74) is 3.32. The van der Waals surface area contributed by atoms with Gasteiger partial charge in [0.2, 0.25) is 0 Å². The molecule has 1 aromatic carbocycles. The van der Waals surface area contributed by atoms with Gasteiger partial charge in [-0.2, -0.15) is 11.3 Å². The van der Waals surface area contributed by atoms with Crippen molar-refractivity contribution >= 4 is 34.0 Å². The lowest BCUT2D eigenvalue weighted by Crippen LogP contribution is -2.03. The van der Waals surface area contributed by atoms with E-state index >= 15 is 0 Å². The summed E-state index contributed by atoms with van der Waals surface area (Å²) in [4.78, 5) is 19.4. The van der Waals surface area contributed by atoms with E-state index in [2.05, 4.69) is 33.0 Å². The highest BCUT2D eigenvalue weighted by Gasteiger charge is 2.08. The maximum Gasteiger partial charge on any atom is 0.335 e. The van der Waals surface area contributed by atoms with E-state index in [1.165, 1.54) is 17.5 Å². The van der Waals surface area contributed by atoms with Crippen LogP contribution in [0, 0.1) is 6.92 Å². The number of nitrogens with one attached hydrogen (secondary N) is 1. The molecule has 2 aromatic heterocycles. The fourth-order valence-corrected chi connectivity index (χ4v) is 2.93. The van der Waals surface area contributed by atoms with Crippen LogP contribution in [0.2, 0.25) is 0 Å². The number of aromatic nitrogens is 2. The van der Waals surface area contributed by atoms with E-state index in [1.54, 1.807) is 29.5 Å². The number of carbonyl (C=O) groups is 1. The molecule has 0 fully saturated rings. The van der Waals surface area contributed by atoms with Crippen molar-refractivity contribution in [2.75, 3.05) is 5.32 Å². The molecular weight excluding hydrogens is 286 g/mol. The third kappa shape index (κ3) is 2.71. The summed E-state index contributed by atoms with van der Waals surface area (Å²) in [5.74, 6) is -0.249. The Balaban J connectivity index is 1.92. The van der Waals surface area contributed by atoms with Gasteiger partial charge in [-0.05, 0) is 47.0 Å². The number of rotatable bonds is 4. The van der Waals surface area contributed by atoms with Gasteiger partial charge in [-0.15, -0.1) is 0 Å². The van der Waals surface area contributed by atoms with Crippen LogP contribution in [0.3, 0.4) is 0 Å². The van der Waals surface area contributed by atoms with Gasteiger partial charge >= 0.3 is 5.97 Å². The molecule has 2 N–H and O–H groups in total. The summed E-state index contributed by atoms with van der Waals surface area (Å²) in [6.07, 6.45) is 1.44. The van der Waals surface area contributed by atoms with Gasteiger partial charge in [0.1, 0.15) is 12.1 Å². The SMILES string of the molecule is Cc1cscc1CNc1ncnc2cc(C(=O)O)ccc12. The van der Waals surface area contributed by atoms with Gasteiger partial charge in [0, 0.05) is 11.9 Å². The van der Waals surface area contributed by atoms with Gasteiger partial charge in [-0.3, -0.25) is 0 Å². The smallest absolute Gasteiger partial charge is 0.335 e. The van der Waals surface area contributed by atoms with E-state index in [0.29, 0.717) is 17.9 Å². The van der Waals surface area contributed by atoms with E-state index in [1.807, 2.05) is 0 Å². The largest absolute Gasteiger partial charge is 0.478 e. The molecule has 0 atom stereocenters. The number of hydrogen-bond donors (Lipinski definition) is 2. The van der Waals surface area contributed by atoms with Crippen molar-refractivity contribution in [1.82, 2.24) is 9.97 Å². The second-order valence-corrected chi connectivity index (χ2v) is 5.44. The van der Waals surface area contributed by atoms with Crippen LogP contribution in [0.1, 0.15) is 21.5 Å². The molecule has 3 aromatic rings. The van der Waals surface area contributed by atoms with Crippen LogP contribution < -0.4 is 5.32 Å². The minimum Gasteiger partial charge on any atom is -0.478 e. The van der Waals surface area contributed by atoms with Crippen LogP contribution >= 0.6 is 11.3 Å². The van der Waals surface area contributed by atoms with Gasteiger partial charge in [-0.25, -0.2) is 14.8 Å². The first-order chi connectivity index (χ1) is 10.1. The molecule has 0 unspecified atom stereocenters. The van der Waals surface area contributed by atoms with Crippen molar-refractivity contribution in [2.45, 2.75) is 13.5 Å². The zero-order valence-electron chi connectivity index (χ0n) is 11.3. The summed E-state index contributed by atoms with van der Waals surface area (Å²) in [6, 6.07) is 4.86. The number of hydrogen-bond acceptors (Lipinski definition) is 5. The number of benzene rings is 1. The molecule has 0 aliphatic rings. The average Bonchev–Trinajstić information content (AvgIpc) is 2.89. The van der Waals surface area contributed by atoms with Gasteiger partial charge in [0.05, 0.1) is 11.1 Å². The van der Waals surface area contributed by atoms with Crippen LogP contribution in [-0.4, -0.2) is 21.0 Å². The van der Waals surface area contributed by atoms with E-state index in [-0.39, 0.29) is 5.56 Å². The van der Waals surface area contributed by atoms with Gasteiger partial charge in [0.15, 0.2) is 0 Å². The molecule has 0 radical (unpaired) electrons. The molecule has 0 bridgehead atoms. The van der Waals surface area contributed by atoms with E-state index in [4.69, 9.17) is 5.11 Å². The van der Waals surface area contributed by atoms with Crippen molar-refractivity contribution < 1.29 is 9.90 Å². The molecule has 0 saturated heterocycles. The van der Waals surface area contributed by atoms with Crippen LogP contribution in [0.15, 0.2) is 35.3 Å². The fraction of sp³-hybridized carbons (Fsp3) is 0.133. The molecule has 5 nitrogen and oxygen atoms in total. The number of anilines is 1. The molecular formula is C15H13N3O2S. The number of fused-ring (bicyclic) bond motifs is 1. The van der Waals surface area contributed by atoms with Gasteiger partial charge < -0.3 is 10.4 Å². The van der Waals surface area contributed by atoms with Crippen molar-refractivity contribution in [2.24, 2.45) is 0 Å². The minimum absolute atomic E-state index is 0.223. The number of carboxylic acids is 1. The Morgan fingerprint density at radius 1 is 1.33 bits per heavy atom. The monoisotopic (exact) mass is 299 g/mol. The topological polar surface area (TPSA) is 75.1 Å². The third-order valence-electron chi connectivity index (χ3n) is 3.29. The zero-order chi connectivity index (χ0) is 14.8. The Labute approximate surface area is 125 Å². The van der Waals surface area contributed by atoms with E-state index in [9.17, 15) is 4.79 Å². The highest BCUT2D eigenvalue weighted by atomic mass is 32.1. The molecule has 21 heavy (non-hydrogen) atoms. The normalized spacial score (nSPS) is 10.7. The second kappa shape index (κ2) is 5.49. The van der Waals surface area contributed by atoms with E-state index in [0.717, 1.165) is 5.39 Å². The first-order valence-electron chi connectivity index (χ1n) is 6.39. The molecule has 2 heterocycles. The van der Waals surface area contributed by atoms with Crippen LogP contribution in [0.4, 0.5) is 5.82 Å². The number of thiophene rings is 1. The van der Waals surface area contributed by atoms with Crippen molar-refractivity contribution in [3.8, 4) is 0 Å². The Hall–Kier alpha value is -2.47. The molecule has 6 heteroatoms. The van der Waals surface area contributed by atoms with Crippen LogP contribution in [0.25, 0.3) is 10.9 Å². The second-order valence-electron chi connectivity index (χ2n) is 4.69. The van der Waals surface area contributed by atoms with Crippen LogP contribution in [-0.2, 0) is 6.54 Å². The fourth-order valence-electron chi connectivity index (χ4n) is 2.08. The quantitative estimate of drug-likeness (QED) is 0.773. The lowest BCUT2D eigenvalue weighted by Gasteiger charge is -2.08. The molecule has 0 saturated carbocycles. The summed E-state index contributed by atoms with van der Waals surface area (Å²) in [6.45, 7) is 2.76. The summed E-state index contributed by atoms with van der Waals surface area (Å²) >= 11 is 1.67. The molecule has 0 aliphatic heterocycles. The zero-order valence-corrected chi connectivity index (χ0v) is 12.1. The van der Waals surface area contributed by atoms with Crippen LogP contribution in [0.5, 0.6) is 0 Å². The Morgan fingerprint density at radius 2 is 2.19 bits per heavy atom. The first kappa shape index (κ1) is 13.5. The Morgan fingerprint density at radius 3 is 2.90 bits per heavy atom. The number of aromatic carboxylic acids is 1. The van der Waals surface area contributed by atoms with Crippen molar-refractivity contribution in [3.63, 3.8) is 0 Å². The predicted molar refractivity (Wildman–Crippen MR) is 82.9 cm³/mol. The van der Waals surface area contributed by atoms with E-state index < -0.39 is 5.97 Å². The lowest BCUT2D eigenvalue weighted by atomic mass is 10.1. The Bertz CT molecular complexity index is 814. The maximum absolute atomic E-state index is 11.0. The first-order valence-corrected chi connectivity index (χ1v) is 7.33. The predicted octanol–water partition coefficient (Wildman–Crippen LogP) is 3.31. The van der Waals surface area contributed by atoms with Gasteiger partial charge in [0.25, 0.3) is 0 Å². The summed E-state index contributed by atoms with van der Waals surface area (Å²) in [7, 11) is 0. The van der Waals surface area contributed by atoms with Gasteiger partial charge in [-0.1, -0.05) is 0 Å². The number of nitrogens with zero attached hydrogens (tertiary/aromatic N) is 2. The third-order valence-corrected chi connectivity index (χ3v) is 4.20. The maximum atomic E-state index is 11.0. The number of aryl methyl sites for hydroxylation is 1. The number of carboxylic acid groups (broad SMARTS) is 1. The molecule has 0 aliphatic carbocycles. The standard InChI is InChI=1S/C15H13N3O2S/c1-9-6-21-7-11(9)5-16-14-12-3-2-10(15(19)20)4-13(12)17-8-18-14/h2-4,6-8H,5H2,1H3,(H,19,20)(H,16,17,18). The van der Waals surface area contributed by atoms with Crippen molar-refractivity contribution in [1.29, 1.82) is 0 Å². The highest BCUT2D eigenvalue weighted by molar-refractivity contribution is 7.08. The average molecular weight is 299 g/mol. The lowest BCUT2D eigenvalue weighted by molar-refractivity contribution is 0.0697. The summed E-state index contributed by atoms with van der Waals surface area (Å²) in [5, 5.41) is 17.3. The molecule has 0 spiro atoms. The Kier molecular flexibility index (Phi) is 3.53. The minimum atomic E-state index is -0.959. The van der Waals surface area contributed by atoms with Crippen molar-refractivity contribution in [3.05, 3.63) is 52.0 Å². The molecule has 106 valence electrons. The molecule has 0 amide bonds. The highest BCUT2D eigenvalue weighted by Crippen LogP contribution is 2.22. The molecule has 3 rings (SSSR count).